The van der Waals surface area contributed by atoms with E-state index in [-0.39, 0.29) is 23.7 Å². The molecule has 18 heavy (non-hydrogen) atoms. The number of hydrogen-bond acceptors (Lipinski definition) is 3. The molecular formula is C14H19NO3. The third-order valence-corrected chi connectivity index (χ3v) is 3.56. The molecule has 1 amide bonds. The second-order valence-electron chi connectivity index (χ2n) is 5.09. The smallest absolute Gasteiger partial charge is 0.224 e. The zero-order valence-electron chi connectivity index (χ0n) is 10.4. The number of aromatic hydroxyl groups is 1. The third-order valence-electron chi connectivity index (χ3n) is 3.56. The maximum atomic E-state index is 11.7. The summed E-state index contributed by atoms with van der Waals surface area (Å²) in [6.07, 6.45) is 3.28. The van der Waals surface area contributed by atoms with E-state index in [1.165, 1.54) is 0 Å². The number of phenolic OH excluding ortho intramolecular Hbond substituents is 1. The molecule has 1 aliphatic carbocycles. The number of aliphatic hydroxyl groups excluding tert-OH is 1. The highest BCUT2D eigenvalue weighted by atomic mass is 16.3. The number of carbonyl (C=O) groups excluding carboxylic acids is 1. The molecule has 1 aromatic carbocycles. The Kier molecular flexibility index (Phi) is 3.87. The Morgan fingerprint density at radius 3 is 2.50 bits per heavy atom. The lowest BCUT2D eigenvalue weighted by atomic mass is 10.0. The Bertz CT molecular complexity index is 410. The van der Waals surface area contributed by atoms with E-state index in [1.54, 1.807) is 24.3 Å². The summed E-state index contributed by atoms with van der Waals surface area (Å²) in [6, 6.07) is 6.65. The van der Waals surface area contributed by atoms with Gasteiger partial charge in [0, 0.05) is 13.2 Å². The average Bonchev–Trinajstić information content (AvgIpc) is 3.11. The number of phenols is 1. The standard InChI is InChI=1S/C14H19NO3/c16-8-7-14(5-6-14)10-15-13(18)9-11-1-3-12(17)4-2-11/h1-4,16-17H,5-10H2,(H,15,18). The van der Waals surface area contributed by atoms with E-state index < -0.39 is 0 Å². The number of benzene rings is 1. The molecule has 0 radical (unpaired) electrons. The van der Waals surface area contributed by atoms with Crippen LogP contribution in [-0.2, 0) is 11.2 Å². The molecule has 1 aliphatic rings. The zero-order chi connectivity index (χ0) is 13.0. The summed E-state index contributed by atoms with van der Waals surface area (Å²) < 4.78 is 0. The summed E-state index contributed by atoms with van der Waals surface area (Å²) >= 11 is 0. The number of carbonyl (C=O) groups is 1. The Labute approximate surface area is 107 Å². The Hall–Kier alpha value is -1.55. The van der Waals surface area contributed by atoms with Crippen LogP contribution < -0.4 is 5.32 Å². The van der Waals surface area contributed by atoms with Gasteiger partial charge in [0.05, 0.1) is 6.42 Å². The first kappa shape index (κ1) is 12.9. The van der Waals surface area contributed by atoms with E-state index in [0.717, 1.165) is 24.8 Å². The van der Waals surface area contributed by atoms with Crippen LogP contribution in [0.5, 0.6) is 5.75 Å². The van der Waals surface area contributed by atoms with Crippen LogP contribution in [0.1, 0.15) is 24.8 Å². The van der Waals surface area contributed by atoms with Gasteiger partial charge in [-0.2, -0.15) is 0 Å². The maximum absolute atomic E-state index is 11.7. The molecular weight excluding hydrogens is 230 g/mol. The maximum Gasteiger partial charge on any atom is 0.224 e. The fourth-order valence-corrected chi connectivity index (χ4v) is 2.08. The SMILES string of the molecule is O=C(Cc1ccc(O)cc1)NCC1(CCO)CC1. The van der Waals surface area contributed by atoms with Crippen molar-refractivity contribution < 1.29 is 15.0 Å². The summed E-state index contributed by atoms with van der Waals surface area (Å²) in [7, 11) is 0. The fraction of sp³-hybridized carbons (Fsp3) is 0.500. The largest absolute Gasteiger partial charge is 0.508 e. The van der Waals surface area contributed by atoms with Gasteiger partial charge in [-0.05, 0) is 42.4 Å². The van der Waals surface area contributed by atoms with E-state index in [0.29, 0.717) is 13.0 Å². The van der Waals surface area contributed by atoms with Crippen molar-refractivity contribution in [2.45, 2.75) is 25.7 Å². The quantitative estimate of drug-likeness (QED) is 0.710. The molecule has 3 N–H and O–H groups in total. The Balaban J connectivity index is 1.77. The summed E-state index contributed by atoms with van der Waals surface area (Å²) in [4.78, 5) is 11.7. The number of amides is 1. The van der Waals surface area contributed by atoms with Gasteiger partial charge in [-0.1, -0.05) is 12.1 Å². The van der Waals surface area contributed by atoms with E-state index in [2.05, 4.69) is 5.32 Å². The highest BCUT2D eigenvalue weighted by Gasteiger charge is 2.41. The molecule has 0 saturated heterocycles. The molecule has 98 valence electrons. The minimum absolute atomic E-state index is 0.00935. The van der Waals surface area contributed by atoms with Crippen LogP contribution in [0, 0.1) is 5.41 Å². The molecule has 4 heteroatoms. The van der Waals surface area contributed by atoms with Crippen molar-refractivity contribution in [1.82, 2.24) is 5.32 Å². The number of nitrogens with one attached hydrogen (secondary N) is 1. The predicted octanol–water partition coefficient (Wildman–Crippen LogP) is 1.21. The summed E-state index contributed by atoms with van der Waals surface area (Å²) in [5.41, 5.74) is 1.04. The molecule has 1 fully saturated rings. The highest BCUT2D eigenvalue weighted by Crippen LogP contribution is 2.47. The Morgan fingerprint density at radius 1 is 1.28 bits per heavy atom. The van der Waals surface area contributed by atoms with Crippen LogP contribution in [0.3, 0.4) is 0 Å². The minimum Gasteiger partial charge on any atom is -0.508 e. The lowest BCUT2D eigenvalue weighted by Crippen LogP contribution is -2.31. The van der Waals surface area contributed by atoms with Crippen LogP contribution >= 0.6 is 0 Å². The van der Waals surface area contributed by atoms with Gasteiger partial charge in [-0.15, -0.1) is 0 Å². The van der Waals surface area contributed by atoms with Crippen molar-refractivity contribution in [2.24, 2.45) is 5.41 Å². The molecule has 0 bridgehead atoms. The first-order valence-electron chi connectivity index (χ1n) is 6.29. The number of aliphatic hydroxyl groups is 1. The van der Waals surface area contributed by atoms with Crippen LogP contribution in [0.25, 0.3) is 0 Å². The number of hydrogen-bond donors (Lipinski definition) is 3. The molecule has 0 aromatic heterocycles. The van der Waals surface area contributed by atoms with Crippen LogP contribution in [-0.4, -0.2) is 29.3 Å². The lowest BCUT2D eigenvalue weighted by molar-refractivity contribution is -0.120. The predicted molar refractivity (Wildman–Crippen MR) is 68.2 cm³/mol. The second kappa shape index (κ2) is 5.40. The van der Waals surface area contributed by atoms with Gasteiger partial charge in [-0.25, -0.2) is 0 Å². The molecule has 0 heterocycles. The molecule has 0 atom stereocenters. The molecule has 1 aromatic rings. The first-order chi connectivity index (χ1) is 8.63. The lowest BCUT2D eigenvalue weighted by Gasteiger charge is -2.14. The zero-order valence-corrected chi connectivity index (χ0v) is 10.4. The van der Waals surface area contributed by atoms with Gasteiger partial charge < -0.3 is 15.5 Å². The first-order valence-corrected chi connectivity index (χ1v) is 6.29. The molecule has 0 spiro atoms. The topological polar surface area (TPSA) is 69.6 Å². The van der Waals surface area contributed by atoms with E-state index in [9.17, 15) is 4.79 Å². The molecule has 1 saturated carbocycles. The summed E-state index contributed by atoms with van der Waals surface area (Å²) in [5.74, 6) is 0.198. The number of rotatable bonds is 6. The van der Waals surface area contributed by atoms with Crippen molar-refractivity contribution in [3.63, 3.8) is 0 Å². The van der Waals surface area contributed by atoms with Crippen molar-refractivity contribution in [3.05, 3.63) is 29.8 Å². The van der Waals surface area contributed by atoms with Gasteiger partial charge >= 0.3 is 0 Å². The third kappa shape index (κ3) is 3.47. The summed E-state index contributed by atoms with van der Waals surface area (Å²) in [6.45, 7) is 0.846. The summed E-state index contributed by atoms with van der Waals surface area (Å²) in [5, 5.41) is 21.0. The van der Waals surface area contributed by atoms with Crippen LogP contribution in [0.15, 0.2) is 24.3 Å². The highest BCUT2D eigenvalue weighted by molar-refractivity contribution is 5.78. The molecule has 0 unspecified atom stereocenters. The monoisotopic (exact) mass is 249 g/mol. The van der Waals surface area contributed by atoms with Gasteiger partial charge in [0.15, 0.2) is 0 Å². The van der Waals surface area contributed by atoms with Crippen molar-refractivity contribution in [1.29, 1.82) is 0 Å². The molecule has 2 rings (SSSR count). The molecule has 0 aliphatic heterocycles. The second-order valence-corrected chi connectivity index (χ2v) is 5.09. The molecule has 4 nitrogen and oxygen atoms in total. The minimum atomic E-state index is -0.00935. The fourth-order valence-electron chi connectivity index (χ4n) is 2.08. The van der Waals surface area contributed by atoms with Gasteiger partial charge in [0.1, 0.15) is 5.75 Å². The van der Waals surface area contributed by atoms with Gasteiger partial charge in [-0.3, -0.25) is 4.79 Å². The van der Waals surface area contributed by atoms with Crippen LogP contribution in [0.2, 0.25) is 0 Å². The van der Waals surface area contributed by atoms with E-state index >= 15 is 0 Å². The normalized spacial score (nSPS) is 16.3. The van der Waals surface area contributed by atoms with Crippen molar-refractivity contribution in [3.8, 4) is 5.75 Å². The van der Waals surface area contributed by atoms with Gasteiger partial charge in [0.25, 0.3) is 0 Å². The van der Waals surface area contributed by atoms with E-state index in [4.69, 9.17) is 10.2 Å². The van der Waals surface area contributed by atoms with Crippen molar-refractivity contribution >= 4 is 5.91 Å². The van der Waals surface area contributed by atoms with E-state index in [1.807, 2.05) is 0 Å². The van der Waals surface area contributed by atoms with Gasteiger partial charge in [0.2, 0.25) is 5.91 Å². The Morgan fingerprint density at radius 2 is 1.94 bits per heavy atom. The van der Waals surface area contributed by atoms with Crippen molar-refractivity contribution in [2.75, 3.05) is 13.2 Å². The average molecular weight is 249 g/mol. The van der Waals surface area contributed by atoms with Crippen LogP contribution in [0.4, 0.5) is 0 Å².